The second kappa shape index (κ2) is 6.46. The zero-order chi connectivity index (χ0) is 16.6. The number of aromatic nitrogens is 1. The first-order valence-electron chi connectivity index (χ1n) is 8.06. The van der Waals surface area contributed by atoms with Gasteiger partial charge in [-0.05, 0) is 50.4 Å². The molecule has 1 amide bonds. The van der Waals surface area contributed by atoms with Gasteiger partial charge in [0.25, 0.3) is 0 Å². The summed E-state index contributed by atoms with van der Waals surface area (Å²) in [5.41, 5.74) is 9.81. The largest absolute Gasteiger partial charge is 0.368 e. The lowest BCUT2D eigenvalue weighted by atomic mass is 10.00. The Kier molecular flexibility index (Phi) is 4.55. The molecule has 0 unspecified atom stereocenters. The number of piperidine rings is 1. The molecular weight excluding hydrogens is 310 g/mol. The lowest BCUT2D eigenvalue weighted by Crippen LogP contribution is -2.47. The van der Waals surface area contributed by atoms with Crippen LogP contribution in [0.3, 0.4) is 0 Å². The van der Waals surface area contributed by atoms with Crippen LogP contribution in [0.15, 0.2) is 18.2 Å². The topological polar surface area (TPSA) is 59.2 Å². The van der Waals surface area contributed by atoms with Gasteiger partial charge in [-0.25, -0.2) is 4.98 Å². The van der Waals surface area contributed by atoms with Crippen molar-refractivity contribution in [3.63, 3.8) is 0 Å². The molecule has 0 saturated carbocycles. The molecule has 0 radical (unpaired) electrons. The van der Waals surface area contributed by atoms with E-state index in [1.807, 2.05) is 0 Å². The van der Waals surface area contributed by atoms with Gasteiger partial charge in [0.15, 0.2) is 0 Å². The number of carbonyl (C=O) groups excluding carboxylic acids is 1. The van der Waals surface area contributed by atoms with Crippen LogP contribution in [0.25, 0.3) is 10.9 Å². The van der Waals surface area contributed by atoms with Crippen LogP contribution < -0.4 is 5.73 Å². The number of carbonyl (C=O) groups is 1. The van der Waals surface area contributed by atoms with Crippen LogP contribution in [0.2, 0.25) is 5.15 Å². The summed E-state index contributed by atoms with van der Waals surface area (Å²) < 4.78 is 0. The lowest BCUT2D eigenvalue weighted by molar-refractivity contribution is -0.124. The maximum absolute atomic E-state index is 11.7. The normalized spacial score (nSPS) is 19.2. The van der Waals surface area contributed by atoms with Crippen molar-refractivity contribution in [3.8, 4) is 0 Å². The number of hydrogen-bond donors (Lipinski definition) is 1. The molecule has 1 aromatic carbocycles. The van der Waals surface area contributed by atoms with E-state index in [4.69, 9.17) is 17.3 Å². The van der Waals surface area contributed by atoms with Gasteiger partial charge in [0.05, 0.1) is 11.6 Å². The number of likely N-dealkylation sites (tertiary alicyclic amines) is 1. The monoisotopic (exact) mass is 331 g/mol. The molecule has 1 aliphatic rings. The SMILES string of the molecule is Cc1ccc2cc(CN3CCCC[C@@H]3C(N)=O)c(Cl)nc2c1C. The highest BCUT2D eigenvalue weighted by atomic mass is 35.5. The average Bonchev–Trinajstić information content (AvgIpc) is 2.53. The number of primary amides is 1. The standard InChI is InChI=1S/C18H22ClN3O/c1-11-6-7-13-9-14(17(19)21-16(13)12(11)2)10-22-8-4-3-5-15(22)18(20)23/h6-7,9,15H,3-5,8,10H2,1-2H3,(H2,20,23)/t15-/m1/s1. The van der Waals surface area contributed by atoms with Crippen molar-refractivity contribution in [1.82, 2.24) is 9.88 Å². The Bertz CT molecular complexity index is 760. The maximum atomic E-state index is 11.7. The molecule has 1 aromatic heterocycles. The number of benzene rings is 1. The van der Waals surface area contributed by atoms with Crippen molar-refractivity contribution in [1.29, 1.82) is 0 Å². The fourth-order valence-electron chi connectivity index (χ4n) is 3.34. The highest BCUT2D eigenvalue weighted by Gasteiger charge is 2.27. The van der Waals surface area contributed by atoms with Gasteiger partial charge >= 0.3 is 0 Å². The number of rotatable bonds is 3. The zero-order valence-electron chi connectivity index (χ0n) is 13.6. The minimum atomic E-state index is -0.249. The van der Waals surface area contributed by atoms with E-state index in [0.29, 0.717) is 11.7 Å². The number of amides is 1. The minimum Gasteiger partial charge on any atom is -0.368 e. The Morgan fingerprint density at radius 3 is 2.91 bits per heavy atom. The first-order valence-corrected chi connectivity index (χ1v) is 8.44. The molecule has 1 aliphatic heterocycles. The van der Waals surface area contributed by atoms with E-state index in [9.17, 15) is 4.79 Å². The third-order valence-corrected chi connectivity index (χ3v) is 5.18. The number of aryl methyl sites for hydroxylation is 2. The van der Waals surface area contributed by atoms with Gasteiger partial charge in [-0.15, -0.1) is 0 Å². The van der Waals surface area contributed by atoms with E-state index in [2.05, 4.69) is 41.9 Å². The number of pyridine rings is 1. The quantitative estimate of drug-likeness (QED) is 0.877. The minimum absolute atomic E-state index is 0.199. The molecule has 1 saturated heterocycles. The molecule has 0 aliphatic carbocycles. The summed E-state index contributed by atoms with van der Waals surface area (Å²) in [6.45, 7) is 5.62. The molecule has 2 aromatic rings. The Morgan fingerprint density at radius 1 is 1.39 bits per heavy atom. The van der Waals surface area contributed by atoms with E-state index in [0.717, 1.165) is 47.8 Å². The maximum Gasteiger partial charge on any atom is 0.234 e. The number of halogens is 1. The molecular formula is C18H22ClN3O. The number of nitrogens with two attached hydrogens (primary N) is 1. The van der Waals surface area contributed by atoms with E-state index < -0.39 is 0 Å². The first kappa shape index (κ1) is 16.2. The molecule has 0 spiro atoms. The predicted molar refractivity (Wildman–Crippen MR) is 93.5 cm³/mol. The summed E-state index contributed by atoms with van der Waals surface area (Å²) in [5.74, 6) is -0.249. The van der Waals surface area contributed by atoms with Crippen LogP contribution >= 0.6 is 11.6 Å². The Labute approximate surface area is 141 Å². The summed E-state index contributed by atoms with van der Waals surface area (Å²) in [4.78, 5) is 18.4. The third-order valence-electron chi connectivity index (χ3n) is 4.85. The molecule has 4 nitrogen and oxygen atoms in total. The van der Waals surface area contributed by atoms with E-state index in [1.54, 1.807) is 0 Å². The number of fused-ring (bicyclic) bond motifs is 1. The summed E-state index contributed by atoms with van der Waals surface area (Å²) >= 11 is 6.42. The Morgan fingerprint density at radius 2 is 2.17 bits per heavy atom. The Balaban J connectivity index is 1.95. The summed E-state index contributed by atoms with van der Waals surface area (Å²) in [6, 6.07) is 6.07. The van der Waals surface area contributed by atoms with E-state index in [1.165, 1.54) is 5.56 Å². The highest BCUT2D eigenvalue weighted by Crippen LogP contribution is 2.27. The van der Waals surface area contributed by atoms with Crippen molar-refractivity contribution in [2.75, 3.05) is 6.54 Å². The van der Waals surface area contributed by atoms with Crippen LogP contribution in [0.4, 0.5) is 0 Å². The van der Waals surface area contributed by atoms with Crippen molar-refractivity contribution >= 4 is 28.4 Å². The van der Waals surface area contributed by atoms with Crippen LogP contribution in [0, 0.1) is 13.8 Å². The Hall–Kier alpha value is -1.65. The van der Waals surface area contributed by atoms with Crippen molar-refractivity contribution < 1.29 is 4.79 Å². The molecule has 1 fully saturated rings. The smallest absolute Gasteiger partial charge is 0.234 e. The third kappa shape index (κ3) is 3.19. The number of hydrogen-bond acceptors (Lipinski definition) is 3. The van der Waals surface area contributed by atoms with Crippen molar-refractivity contribution in [2.45, 2.75) is 45.7 Å². The van der Waals surface area contributed by atoms with Crippen LogP contribution in [-0.2, 0) is 11.3 Å². The molecule has 5 heteroatoms. The predicted octanol–water partition coefficient (Wildman–Crippen LogP) is 3.34. The summed E-state index contributed by atoms with van der Waals surface area (Å²) in [7, 11) is 0. The van der Waals surface area contributed by atoms with Gasteiger partial charge in [0.2, 0.25) is 5.91 Å². The molecule has 2 heterocycles. The van der Waals surface area contributed by atoms with Gasteiger partial charge in [-0.2, -0.15) is 0 Å². The second-order valence-electron chi connectivity index (χ2n) is 6.40. The van der Waals surface area contributed by atoms with Crippen molar-refractivity contribution in [3.05, 3.63) is 40.0 Å². The van der Waals surface area contributed by atoms with Gasteiger partial charge in [0.1, 0.15) is 5.15 Å². The molecule has 0 bridgehead atoms. The fraction of sp³-hybridized carbons (Fsp3) is 0.444. The fourth-order valence-corrected chi connectivity index (χ4v) is 3.54. The lowest BCUT2D eigenvalue weighted by Gasteiger charge is -2.33. The van der Waals surface area contributed by atoms with Crippen LogP contribution in [-0.4, -0.2) is 28.4 Å². The average molecular weight is 332 g/mol. The zero-order valence-corrected chi connectivity index (χ0v) is 14.4. The second-order valence-corrected chi connectivity index (χ2v) is 6.76. The molecule has 23 heavy (non-hydrogen) atoms. The number of nitrogens with zero attached hydrogens (tertiary/aromatic N) is 2. The van der Waals surface area contributed by atoms with Crippen LogP contribution in [0.1, 0.15) is 36.0 Å². The van der Waals surface area contributed by atoms with Crippen molar-refractivity contribution in [2.24, 2.45) is 5.73 Å². The van der Waals surface area contributed by atoms with Gasteiger partial charge in [0, 0.05) is 17.5 Å². The van der Waals surface area contributed by atoms with E-state index in [-0.39, 0.29) is 11.9 Å². The van der Waals surface area contributed by atoms with Gasteiger partial charge in [-0.1, -0.05) is 30.2 Å². The molecule has 1 atom stereocenters. The summed E-state index contributed by atoms with van der Waals surface area (Å²) in [6.07, 6.45) is 2.96. The molecule has 122 valence electrons. The summed E-state index contributed by atoms with van der Waals surface area (Å²) in [5, 5.41) is 1.60. The highest BCUT2D eigenvalue weighted by molar-refractivity contribution is 6.30. The van der Waals surface area contributed by atoms with Gasteiger partial charge in [-0.3, -0.25) is 9.69 Å². The first-order chi connectivity index (χ1) is 11.0. The van der Waals surface area contributed by atoms with Crippen LogP contribution in [0.5, 0.6) is 0 Å². The molecule has 2 N–H and O–H groups in total. The molecule has 3 rings (SSSR count). The van der Waals surface area contributed by atoms with Gasteiger partial charge < -0.3 is 5.73 Å². The van der Waals surface area contributed by atoms with E-state index >= 15 is 0 Å².